The van der Waals surface area contributed by atoms with E-state index in [1.54, 1.807) is 11.3 Å². The van der Waals surface area contributed by atoms with Gasteiger partial charge in [-0.25, -0.2) is 9.97 Å². The number of hydrogen-bond acceptors (Lipinski definition) is 5. The van der Waals surface area contributed by atoms with Crippen LogP contribution in [0, 0.1) is 0 Å². The monoisotopic (exact) mass is 345 g/mol. The van der Waals surface area contributed by atoms with E-state index in [-0.39, 0.29) is 6.61 Å². The molecule has 0 unspecified atom stereocenters. The van der Waals surface area contributed by atoms with E-state index in [0.29, 0.717) is 13.0 Å². The molecule has 0 fully saturated rings. The topological polar surface area (TPSA) is 47.0 Å². The summed E-state index contributed by atoms with van der Waals surface area (Å²) in [6, 6.07) is 0. The van der Waals surface area contributed by atoms with E-state index < -0.39 is 12.8 Å². The molecular weight excluding hydrogens is 327 g/mol. The molecule has 0 radical (unpaired) electrons. The second-order valence-electron chi connectivity index (χ2n) is 5.56. The molecule has 1 aliphatic rings. The molecule has 2 aromatic rings. The normalized spacial score (nSPS) is 14.9. The SMILES string of the molecule is FC(F)(F)COCCCNc1ncnc2sc3c(c12)CCCC3. The highest BCUT2D eigenvalue weighted by Gasteiger charge is 2.27. The lowest BCUT2D eigenvalue weighted by Crippen LogP contribution is -2.18. The van der Waals surface area contributed by atoms with Crippen LogP contribution in [0.1, 0.15) is 29.7 Å². The van der Waals surface area contributed by atoms with Gasteiger partial charge in [-0.1, -0.05) is 0 Å². The maximum atomic E-state index is 12.0. The zero-order valence-corrected chi connectivity index (χ0v) is 13.4. The van der Waals surface area contributed by atoms with Crippen LogP contribution in [0.2, 0.25) is 0 Å². The van der Waals surface area contributed by atoms with Gasteiger partial charge in [-0.05, 0) is 37.7 Å². The zero-order valence-electron chi connectivity index (χ0n) is 12.6. The van der Waals surface area contributed by atoms with Crippen LogP contribution >= 0.6 is 11.3 Å². The summed E-state index contributed by atoms with van der Waals surface area (Å²) in [6.07, 6.45) is 2.31. The van der Waals surface area contributed by atoms with Crippen LogP contribution in [0.15, 0.2) is 6.33 Å². The van der Waals surface area contributed by atoms with E-state index in [9.17, 15) is 13.2 Å². The fourth-order valence-electron chi connectivity index (χ4n) is 2.79. The summed E-state index contributed by atoms with van der Waals surface area (Å²) >= 11 is 1.72. The van der Waals surface area contributed by atoms with Crippen LogP contribution in [-0.4, -0.2) is 35.9 Å². The molecule has 4 nitrogen and oxygen atoms in total. The van der Waals surface area contributed by atoms with E-state index in [0.717, 1.165) is 28.9 Å². The van der Waals surface area contributed by atoms with Crippen molar-refractivity contribution in [1.29, 1.82) is 0 Å². The Hall–Kier alpha value is -1.41. The van der Waals surface area contributed by atoms with Crippen molar-refractivity contribution in [3.05, 3.63) is 16.8 Å². The quantitative estimate of drug-likeness (QED) is 0.805. The Bertz CT molecular complexity index is 672. The van der Waals surface area contributed by atoms with Crippen molar-refractivity contribution in [2.45, 2.75) is 38.3 Å². The number of rotatable bonds is 6. The van der Waals surface area contributed by atoms with Gasteiger partial charge < -0.3 is 10.1 Å². The number of nitrogens with zero attached hydrogens (tertiary/aromatic N) is 2. The second-order valence-corrected chi connectivity index (χ2v) is 6.65. The highest BCUT2D eigenvalue weighted by Crippen LogP contribution is 2.38. The number of aryl methyl sites for hydroxylation is 2. The molecule has 0 aliphatic heterocycles. The number of fused-ring (bicyclic) bond motifs is 3. The van der Waals surface area contributed by atoms with E-state index in [2.05, 4.69) is 20.0 Å². The number of nitrogens with one attached hydrogen (secondary N) is 1. The third-order valence-electron chi connectivity index (χ3n) is 3.77. The van der Waals surface area contributed by atoms with Crippen molar-refractivity contribution in [2.24, 2.45) is 0 Å². The minimum Gasteiger partial charge on any atom is -0.372 e. The van der Waals surface area contributed by atoms with Crippen molar-refractivity contribution in [3.8, 4) is 0 Å². The Morgan fingerprint density at radius 3 is 2.87 bits per heavy atom. The molecule has 0 amide bonds. The lowest BCUT2D eigenvalue weighted by molar-refractivity contribution is -0.173. The number of alkyl halides is 3. The average Bonchev–Trinajstić information content (AvgIpc) is 2.89. The molecule has 1 N–H and O–H groups in total. The van der Waals surface area contributed by atoms with Crippen LogP contribution in [-0.2, 0) is 17.6 Å². The molecule has 0 atom stereocenters. The van der Waals surface area contributed by atoms with Crippen LogP contribution in [0.25, 0.3) is 10.2 Å². The molecular formula is C15H18F3N3OS. The Morgan fingerprint density at radius 2 is 2.04 bits per heavy atom. The highest BCUT2D eigenvalue weighted by molar-refractivity contribution is 7.19. The van der Waals surface area contributed by atoms with Crippen LogP contribution < -0.4 is 5.32 Å². The minimum atomic E-state index is -4.26. The molecule has 23 heavy (non-hydrogen) atoms. The Labute approximate surface area is 136 Å². The lowest BCUT2D eigenvalue weighted by atomic mass is 9.97. The van der Waals surface area contributed by atoms with Gasteiger partial charge in [0.25, 0.3) is 0 Å². The number of halogens is 3. The van der Waals surface area contributed by atoms with Crippen molar-refractivity contribution >= 4 is 27.4 Å². The molecule has 126 valence electrons. The standard InChI is InChI=1S/C15H18F3N3OS/c16-15(17,18)8-22-7-3-6-19-13-12-10-4-1-2-5-11(10)23-14(12)21-9-20-13/h9H,1-8H2,(H,19,20,21). The summed E-state index contributed by atoms with van der Waals surface area (Å²) in [5.41, 5.74) is 1.34. The molecule has 0 saturated carbocycles. The third-order valence-corrected chi connectivity index (χ3v) is 4.97. The summed E-state index contributed by atoms with van der Waals surface area (Å²) in [6.45, 7) is -0.597. The van der Waals surface area contributed by atoms with Crippen LogP contribution in [0.5, 0.6) is 0 Å². The van der Waals surface area contributed by atoms with E-state index in [1.807, 2.05) is 0 Å². The summed E-state index contributed by atoms with van der Waals surface area (Å²) < 4.78 is 40.5. The molecule has 0 saturated heterocycles. The van der Waals surface area contributed by atoms with Crippen molar-refractivity contribution < 1.29 is 17.9 Å². The first-order chi connectivity index (χ1) is 11.0. The number of thiophene rings is 1. The van der Waals surface area contributed by atoms with Gasteiger partial charge in [0.1, 0.15) is 23.6 Å². The predicted octanol–water partition coefficient (Wildman–Crippen LogP) is 3.95. The third kappa shape index (κ3) is 4.11. The van der Waals surface area contributed by atoms with Crippen molar-refractivity contribution in [1.82, 2.24) is 9.97 Å². The smallest absolute Gasteiger partial charge is 0.372 e. The number of aromatic nitrogens is 2. The summed E-state index contributed by atoms with van der Waals surface area (Å²) in [7, 11) is 0. The zero-order chi connectivity index (χ0) is 16.3. The first kappa shape index (κ1) is 16.4. The maximum Gasteiger partial charge on any atom is 0.411 e. The molecule has 2 heterocycles. The molecule has 8 heteroatoms. The van der Waals surface area contributed by atoms with Gasteiger partial charge in [-0.2, -0.15) is 13.2 Å². The van der Waals surface area contributed by atoms with Gasteiger partial charge in [-0.15, -0.1) is 11.3 Å². The van der Waals surface area contributed by atoms with Crippen molar-refractivity contribution in [3.63, 3.8) is 0 Å². The van der Waals surface area contributed by atoms with E-state index >= 15 is 0 Å². The van der Waals surface area contributed by atoms with Gasteiger partial charge in [0.15, 0.2) is 0 Å². The Kier molecular flexibility index (Phi) is 5.01. The van der Waals surface area contributed by atoms with Gasteiger partial charge >= 0.3 is 6.18 Å². The highest BCUT2D eigenvalue weighted by atomic mass is 32.1. The first-order valence-corrected chi connectivity index (χ1v) is 8.50. The molecule has 1 aliphatic carbocycles. The Morgan fingerprint density at radius 1 is 1.22 bits per heavy atom. The molecule has 3 rings (SSSR count). The maximum absolute atomic E-state index is 12.0. The van der Waals surface area contributed by atoms with Gasteiger partial charge in [0.05, 0.1) is 5.39 Å². The van der Waals surface area contributed by atoms with Crippen molar-refractivity contribution in [2.75, 3.05) is 25.1 Å². The fraction of sp³-hybridized carbons (Fsp3) is 0.600. The lowest BCUT2D eigenvalue weighted by Gasteiger charge is -2.12. The van der Waals surface area contributed by atoms with Crippen LogP contribution in [0.4, 0.5) is 19.0 Å². The van der Waals surface area contributed by atoms with Gasteiger partial charge in [0.2, 0.25) is 0 Å². The van der Waals surface area contributed by atoms with E-state index in [1.165, 1.54) is 29.6 Å². The summed E-state index contributed by atoms with van der Waals surface area (Å²) in [4.78, 5) is 11.0. The molecule has 0 aromatic carbocycles. The number of ether oxygens (including phenoxy) is 1. The molecule has 0 spiro atoms. The second kappa shape index (κ2) is 7.00. The number of anilines is 1. The van der Waals surface area contributed by atoms with Gasteiger partial charge in [-0.3, -0.25) is 0 Å². The van der Waals surface area contributed by atoms with Gasteiger partial charge in [0, 0.05) is 18.0 Å². The molecule has 0 bridgehead atoms. The van der Waals surface area contributed by atoms with E-state index in [4.69, 9.17) is 0 Å². The molecule has 2 aromatic heterocycles. The largest absolute Gasteiger partial charge is 0.411 e. The fourth-order valence-corrected chi connectivity index (χ4v) is 4.02. The predicted molar refractivity (Wildman–Crippen MR) is 84.0 cm³/mol. The van der Waals surface area contributed by atoms with Crippen LogP contribution in [0.3, 0.4) is 0 Å². The number of hydrogen-bond donors (Lipinski definition) is 1. The Balaban J connectivity index is 1.59. The average molecular weight is 345 g/mol. The summed E-state index contributed by atoms with van der Waals surface area (Å²) in [5, 5.41) is 4.30. The first-order valence-electron chi connectivity index (χ1n) is 7.68. The summed E-state index contributed by atoms with van der Waals surface area (Å²) in [5.74, 6) is 0.783. The minimum absolute atomic E-state index is 0.0719.